The van der Waals surface area contributed by atoms with Gasteiger partial charge in [-0.05, 0) is 37.3 Å². The van der Waals surface area contributed by atoms with Gasteiger partial charge in [0.15, 0.2) is 11.6 Å². The lowest BCUT2D eigenvalue weighted by Gasteiger charge is -2.15. The van der Waals surface area contributed by atoms with Crippen molar-refractivity contribution < 1.29 is 26.7 Å². The van der Waals surface area contributed by atoms with Gasteiger partial charge in [-0.1, -0.05) is 33.6 Å². The average molecular weight is 559 g/mol. The Kier molecular flexibility index (Phi) is 6.74. The van der Waals surface area contributed by atoms with E-state index in [-0.39, 0.29) is 50.6 Å². The van der Waals surface area contributed by atoms with E-state index in [4.69, 9.17) is 10.00 Å². The molecule has 0 atom stereocenters. The monoisotopic (exact) mass is 558 g/mol. The molecule has 6 nitrogen and oxygen atoms in total. The summed E-state index contributed by atoms with van der Waals surface area (Å²) in [4.78, 5) is 12.3. The summed E-state index contributed by atoms with van der Waals surface area (Å²) in [7, 11) is -4.05. The molecule has 0 saturated heterocycles. The normalized spacial score (nSPS) is 11.4. The average Bonchev–Trinajstić information content (AvgIpc) is 3.26. The van der Waals surface area contributed by atoms with Crippen LogP contribution >= 0.6 is 15.9 Å². The first-order valence-electron chi connectivity index (χ1n) is 10.3. The van der Waals surface area contributed by atoms with Gasteiger partial charge in [0.25, 0.3) is 10.0 Å². The highest BCUT2D eigenvalue weighted by Gasteiger charge is 2.25. The topological polar surface area (TPSA) is 89.2 Å². The number of ketones is 1. The van der Waals surface area contributed by atoms with E-state index in [0.29, 0.717) is 5.39 Å². The number of nitriles is 1. The molecule has 0 bridgehead atoms. The van der Waals surface area contributed by atoms with E-state index in [2.05, 4.69) is 15.9 Å². The molecule has 178 valence electrons. The van der Waals surface area contributed by atoms with Gasteiger partial charge in [-0.25, -0.2) is 21.2 Å². The summed E-state index contributed by atoms with van der Waals surface area (Å²) in [5, 5.41) is 9.36. The van der Waals surface area contributed by atoms with Crippen LogP contribution in [0.5, 0.6) is 11.5 Å². The predicted molar refractivity (Wildman–Crippen MR) is 129 cm³/mol. The molecule has 0 unspecified atom stereocenters. The quantitative estimate of drug-likeness (QED) is 0.274. The number of benzene rings is 3. The van der Waals surface area contributed by atoms with Gasteiger partial charge in [0.05, 0.1) is 21.3 Å². The van der Waals surface area contributed by atoms with Crippen LogP contribution in [-0.4, -0.2) is 23.5 Å². The summed E-state index contributed by atoms with van der Waals surface area (Å²) < 4.78 is 62.2. The van der Waals surface area contributed by atoms with Crippen LogP contribution < -0.4 is 4.74 Å². The lowest BCUT2D eigenvalue weighted by molar-refractivity contribution is -0.115. The number of hydrogen-bond acceptors (Lipinski definition) is 5. The maximum Gasteiger partial charge on any atom is 0.268 e. The molecule has 35 heavy (non-hydrogen) atoms. The molecule has 0 radical (unpaired) electrons. The number of Topliss-reactive ketones (excluding diaryl/α,β-unsaturated/α-hetero) is 1. The lowest BCUT2D eigenvalue weighted by atomic mass is 10.0. The molecule has 0 spiro atoms. The minimum Gasteiger partial charge on any atom is -0.454 e. The Hall–Kier alpha value is -3.55. The van der Waals surface area contributed by atoms with Gasteiger partial charge in [-0.15, -0.1) is 0 Å². The lowest BCUT2D eigenvalue weighted by Crippen LogP contribution is -2.12. The van der Waals surface area contributed by atoms with Crippen LogP contribution in [0.3, 0.4) is 0 Å². The third-order valence-electron chi connectivity index (χ3n) is 5.35. The van der Waals surface area contributed by atoms with Crippen molar-refractivity contribution in [2.24, 2.45) is 0 Å². The smallest absolute Gasteiger partial charge is 0.268 e. The fraction of sp³-hybridized carbons (Fsp3) is 0.120. The van der Waals surface area contributed by atoms with Crippen molar-refractivity contribution in [2.75, 3.05) is 5.33 Å². The number of halogens is 3. The molecule has 0 amide bonds. The second kappa shape index (κ2) is 9.60. The molecular formula is C25H17BrF2N2O4S. The number of alkyl halides is 1. The minimum absolute atomic E-state index is 0.0120. The van der Waals surface area contributed by atoms with Crippen LogP contribution in [0.2, 0.25) is 0 Å². The standard InChI is InChI=1S/C25H17BrF2N2O4S/c1-15-2-5-19(6-3-15)35(32,33)30-9-8-20-21(11-17(31)13-26)25(23(28)12-24(20)30)34-18-4-7-22(27)16(10-18)14-29/h2-10,12H,11,13H2,1H3. The summed E-state index contributed by atoms with van der Waals surface area (Å²) in [5.41, 5.74) is 0.747. The molecule has 0 aliphatic rings. The van der Waals surface area contributed by atoms with Gasteiger partial charge in [-0.2, -0.15) is 5.26 Å². The minimum atomic E-state index is -4.05. The van der Waals surface area contributed by atoms with Crippen LogP contribution in [0, 0.1) is 29.9 Å². The Morgan fingerprint density at radius 3 is 2.46 bits per heavy atom. The first kappa shape index (κ1) is 24.6. The summed E-state index contributed by atoms with van der Waals surface area (Å²) in [6, 6.07) is 13.7. The van der Waals surface area contributed by atoms with E-state index in [9.17, 15) is 17.6 Å². The number of carbonyl (C=O) groups is 1. The zero-order valence-electron chi connectivity index (χ0n) is 18.3. The Bertz CT molecular complexity index is 1610. The molecular weight excluding hydrogens is 542 g/mol. The van der Waals surface area contributed by atoms with E-state index >= 15 is 4.39 Å². The number of aromatic nitrogens is 1. The van der Waals surface area contributed by atoms with Crippen molar-refractivity contribution >= 4 is 42.6 Å². The summed E-state index contributed by atoms with van der Waals surface area (Å²) in [6.45, 7) is 1.83. The van der Waals surface area contributed by atoms with Crippen LogP contribution in [0.4, 0.5) is 8.78 Å². The second-order valence-corrected chi connectivity index (χ2v) is 10.1. The Morgan fingerprint density at radius 2 is 1.80 bits per heavy atom. The molecule has 0 aliphatic heterocycles. The van der Waals surface area contributed by atoms with E-state index in [1.54, 1.807) is 18.2 Å². The van der Waals surface area contributed by atoms with Gasteiger partial charge in [0.2, 0.25) is 0 Å². The van der Waals surface area contributed by atoms with Crippen LogP contribution in [0.15, 0.2) is 65.7 Å². The maximum absolute atomic E-state index is 15.4. The van der Waals surface area contributed by atoms with Gasteiger partial charge in [0, 0.05) is 35.7 Å². The van der Waals surface area contributed by atoms with Crippen LogP contribution in [0.25, 0.3) is 10.9 Å². The highest BCUT2D eigenvalue weighted by atomic mass is 79.9. The fourth-order valence-electron chi connectivity index (χ4n) is 3.61. The number of nitrogens with zero attached hydrogens (tertiary/aromatic N) is 2. The van der Waals surface area contributed by atoms with Gasteiger partial charge in [0.1, 0.15) is 23.4 Å². The number of rotatable bonds is 7. The number of ether oxygens (including phenoxy) is 1. The van der Waals surface area contributed by atoms with Crippen molar-refractivity contribution in [3.05, 3.63) is 89.1 Å². The van der Waals surface area contributed by atoms with E-state index < -0.39 is 21.7 Å². The van der Waals surface area contributed by atoms with Crippen LogP contribution in [-0.2, 0) is 21.2 Å². The van der Waals surface area contributed by atoms with Crippen LogP contribution in [0.1, 0.15) is 16.7 Å². The van der Waals surface area contributed by atoms with E-state index in [1.807, 2.05) is 6.92 Å². The third-order valence-corrected chi connectivity index (χ3v) is 7.68. The molecule has 0 fully saturated rings. The molecule has 1 aromatic heterocycles. The Labute approximate surface area is 208 Å². The molecule has 0 N–H and O–H groups in total. The molecule has 4 aromatic rings. The van der Waals surface area contributed by atoms with E-state index in [0.717, 1.165) is 27.7 Å². The molecule has 4 rings (SSSR count). The Balaban J connectivity index is 1.90. The molecule has 0 saturated carbocycles. The van der Waals surface area contributed by atoms with Crippen molar-refractivity contribution in [3.63, 3.8) is 0 Å². The second-order valence-electron chi connectivity index (χ2n) is 7.73. The number of hydrogen-bond donors (Lipinski definition) is 0. The van der Waals surface area contributed by atoms with Gasteiger partial charge in [-0.3, -0.25) is 4.79 Å². The predicted octanol–water partition coefficient (Wildman–Crippen LogP) is 5.64. The summed E-state index contributed by atoms with van der Waals surface area (Å²) in [6.07, 6.45) is 1.03. The van der Waals surface area contributed by atoms with Crippen molar-refractivity contribution in [1.29, 1.82) is 5.26 Å². The highest BCUT2D eigenvalue weighted by Crippen LogP contribution is 2.37. The summed E-state index contributed by atoms with van der Waals surface area (Å²) >= 11 is 3.08. The molecule has 0 aliphatic carbocycles. The SMILES string of the molecule is Cc1ccc(S(=O)(=O)n2ccc3c(CC(=O)CBr)c(Oc4ccc(F)c(C#N)c4)c(F)cc32)cc1. The Morgan fingerprint density at radius 1 is 1.09 bits per heavy atom. The molecule has 3 aromatic carbocycles. The zero-order chi connectivity index (χ0) is 25.3. The first-order valence-corrected chi connectivity index (χ1v) is 12.8. The van der Waals surface area contributed by atoms with Crippen molar-refractivity contribution in [1.82, 2.24) is 3.97 Å². The maximum atomic E-state index is 15.4. The molecule has 10 heteroatoms. The highest BCUT2D eigenvalue weighted by molar-refractivity contribution is 9.09. The van der Waals surface area contributed by atoms with E-state index in [1.165, 1.54) is 30.5 Å². The van der Waals surface area contributed by atoms with Crippen molar-refractivity contribution in [3.8, 4) is 17.6 Å². The first-order chi connectivity index (χ1) is 16.6. The van der Waals surface area contributed by atoms with Gasteiger partial charge < -0.3 is 4.74 Å². The van der Waals surface area contributed by atoms with Gasteiger partial charge >= 0.3 is 0 Å². The molecule has 1 heterocycles. The zero-order valence-corrected chi connectivity index (χ0v) is 20.7. The third kappa shape index (κ3) is 4.70. The number of carbonyl (C=O) groups excluding carboxylic acids is 1. The number of fused-ring (bicyclic) bond motifs is 1. The number of aryl methyl sites for hydroxylation is 1. The van der Waals surface area contributed by atoms with Crippen molar-refractivity contribution in [2.45, 2.75) is 18.2 Å². The fourth-order valence-corrected chi connectivity index (χ4v) is 5.15. The summed E-state index contributed by atoms with van der Waals surface area (Å²) in [5.74, 6) is -2.30. The largest absolute Gasteiger partial charge is 0.454 e.